The Morgan fingerprint density at radius 3 is 2.76 bits per heavy atom. The zero-order chi connectivity index (χ0) is 20.8. The number of ether oxygens (including phenoxy) is 1. The van der Waals surface area contributed by atoms with E-state index in [0.29, 0.717) is 22.7 Å². The topological polar surface area (TPSA) is 94.3 Å². The Bertz CT molecular complexity index is 843. The molecule has 1 aliphatic rings. The number of halogens is 1. The highest BCUT2D eigenvalue weighted by molar-refractivity contribution is 7.99. The van der Waals surface area contributed by atoms with Gasteiger partial charge in [-0.05, 0) is 42.5 Å². The number of carbonyl (C=O) groups is 2. The lowest BCUT2D eigenvalue weighted by Crippen LogP contribution is -2.45. The molecule has 1 aromatic heterocycles. The van der Waals surface area contributed by atoms with Gasteiger partial charge in [-0.1, -0.05) is 50.1 Å². The Labute approximate surface area is 178 Å². The lowest BCUT2D eigenvalue weighted by Gasteiger charge is -2.34. The van der Waals surface area contributed by atoms with Gasteiger partial charge in [-0.15, -0.1) is 10.2 Å². The summed E-state index contributed by atoms with van der Waals surface area (Å²) in [5, 5.41) is 11.7. The summed E-state index contributed by atoms with van der Waals surface area (Å²) in [6, 6.07) is 7.13. The third kappa shape index (κ3) is 6.21. The van der Waals surface area contributed by atoms with Gasteiger partial charge < -0.3 is 14.5 Å². The fraction of sp³-hybridized carbons (Fsp3) is 0.500. The molecule has 29 heavy (non-hydrogen) atoms. The molecule has 1 saturated carbocycles. The van der Waals surface area contributed by atoms with Crippen LogP contribution in [0.4, 0.5) is 0 Å². The maximum Gasteiger partial charge on any atom is 0.316 e. The molecule has 0 spiro atoms. The Balaban J connectivity index is 1.40. The van der Waals surface area contributed by atoms with Crippen LogP contribution >= 0.6 is 23.4 Å². The van der Waals surface area contributed by atoms with Crippen molar-refractivity contribution in [1.82, 2.24) is 15.5 Å². The van der Waals surface area contributed by atoms with Crippen molar-refractivity contribution < 1.29 is 18.7 Å². The minimum absolute atomic E-state index is 0.0214. The molecule has 0 radical (unpaired) electrons. The Kier molecular flexibility index (Phi) is 7.55. The number of carbonyl (C=O) groups excluding carboxylic acids is 2. The summed E-state index contributed by atoms with van der Waals surface area (Å²) in [4.78, 5) is 24.0. The van der Waals surface area contributed by atoms with Crippen molar-refractivity contribution in [2.45, 2.75) is 44.4 Å². The number of hydrogen-bond acceptors (Lipinski definition) is 7. The smallest absolute Gasteiger partial charge is 0.316 e. The molecule has 0 saturated heterocycles. The molecule has 0 unspecified atom stereocenters. The van der Waals surface area contributed by atoms with Gasteiger partial charge in [0.25, 0.3) is 11.1 Å². The first kappa shape index (κ1) is 21.6. The van der Waals surface area contributed by atoms with Crippen LogP contribution in [0, 0.1) is 11.8 Å². The van der Waals surface area contributed by atoms with Crippen LogP contribution in [0.15, 0.2) is 33.9 Å². The normalized spacial score (nSPS) is 21.6. The van der Waals surface area contributed by atoms with Gasteiger partial charge in [0, 0.05) is 16.6 Å². The number of rotatable bonds is 7. The van der Waals surface area contributed by atoms with E-state index in [-0.39, 0.29) is 29.5 Å². The lowest BCUT2D eigenvalue weighted by atomic mass is 9.78. The van der Waals surface area contributed by atoms with Crippen molar-refractivity contribution in [3.05, 3.63) is 29.3 Å². The van der Waals surface area contributed by atoms with Gasteiger partial charge in [-0.2, -0.15) is 0 Å². The number of amides is 1. The van der Waals surface area contributed by atoms with E-state index in [0.717, 1.165) is 30.2 Å². The van der Waals surface area contributed by atoms with Crippen LogP contribution in [0.2, 0.25) is 5.02 Å². The second kappa shape index (κ2) is 10.1. The molecule has 156 valence electrons. The molecule has 2 aromatic rings. The molecule has 1 amide bonds. The SMILES string of the molecule is C[C@H]1[C@H](C)CCC[C@H]1NC(=O)COC(=O)CSc1nnc(-c2ccc(Cl)cc2)o1. The van der Waals surface area contributed by atoms with Crippen molar-refractivity contribution in [3.63, 3.8) is 0 Å². The fourth-order valence-corrected chi connectivity index (χ4v) is 4.01. The van der Waals surface area contributed by atoms with Gasteiger partial charge >= 0.3 is 5.97 Å². The van der Waals surface area contributed by atoms with Crippen LogP contribution in [0.1, 0.15) is 33.1 Å². The molecule has 0 aliphatic heterocycles. The monoisotopic (exact) mass is 437 g/mol. The van der Waals surface area contributed by atoms with Crippen LogP contribution in [-0.2, 0) is 14.3 Å². The van der Waals surface area contributed by atoms with Crippen molar-refractivity contribution in [2.24, 2.45) is 11.8 Å². The van der Waals surface area contributed by atoms with Crippen molar-refractivity contribution >= 4 is 35.2 Å². The summed E-state index contributed by atoms with van der Waals surface area (Å²) in [5.74, 6) is 0.546. The fourth-order valence-electron chi connectivity index (χ4n) is 3.32. The summed E-state index contributed by atoms with van der Waals surface area (Å²) in [5.41, 5.74) is 0.735. The zero-order valence-electron chi connectivity index (χ0n) is 16.4. The van der Waals surface area contributed by atoms with E-state index in [2.05, 4.69) is 29.4 Å². The molecule has 1 fully saturated rings. The Morgan fingerprint density at radius 2 is 2.00 bits per heavy atom. The number of nitrogens with one attached hydrogen (secondary N) is 1. The third-order valence-electron chi connectivity index (χ3n) is 5.23. The lowest BCUT2D eigenvalue weighted by molar-refractivity contribution is -0.146. The number of benzene rings is 1. The predicted octanol–water partition coefficient (Wildman–Crippen LogP) is 3.97. The number of aromatic nitrogens is 2. The second-order valence-corrected chi connectivity index (χ2v) is 8.63. The second-order valence-electron chi connectivity index (χ2n) is 7.27. The maximum atomic E-state index is 12.1. The maximum absolute atomic E-state index is 12.1. The highest BCUT2D eigenvalue weighted by Gasteiger charge is 2.28. The Morgan fingerprint density at radius 1 is 1.24 bits per heavy atom. The van der Waals surface area contributed by atoms with Gasteiger partial charge in [0.2, 0.25) is 5.89 Å². The average molecular weight is 438 g/mol. The average Bonchev–Trinajstić information content (AvgIpc) is 3.18. The third-order valence-corrected chi connectivity index (χ3v) is 6.27. The van der Waals surface area contributed by atoms with E-state index < -0.39 is 5.97 Å². The first-order valence-corrected chi connectivity index (χ1v) is 11.0. The van der Waals surface area contributed by atoms with E-state index >= 15 is 0 Å². The molecular weight excluding hydrogens is 414 g/mol. The van der Waals surface area contributed by atoms with Gasteiger partial charge in [0.1, 0.15) is 5.75 Å². The molecule has 7 nitrogen and oxygen atoms in total. The quantitative estimate of drug-likeness (QED) is 0.517. The standard InChI is InChI=1S/C20H24ClN3O4S/c1-12-4-3-5-16(13(12)2)22-17(25)10-27-18(26)11-29-20-24-23-19(28-20)14-6-8-15(21)9-7-14/h6-9,12-13,16H,3-5,10-11H2,1-2H3,(H,22,25)/t12-,13+,16-/m1/s1. The molecule has 3 atom stereocenters. The number of hydrogen-bond donors (Lipinski definition) is 1. The summed E-state index contributed by atoms with van der Waals surface area (Å²) in [6.45, 7) is 4.08. The summed E-state index contributed by atoms with van der Waals surface area (Å²) >= 11 is 6.92. The predicted molar refractivity (Wildman–Crippen MR) is 111 cm³/mol. The van der Waals surface area contributed by atoms with Gasteiger partial charge in [-0.25, -0.2) is 0 Å². The number of esters is 1. The summed E-state index contributed by atoms with van der Waals surface area (Å²) in [6.07, 6.45) is 3.26. The molecule has 1 heterocycles. The molecule has 1 N–H and O–H groups in total. The van der Waals surface area contributed by atoms with Crippen molar-refractivity contribution in [2.75, 3.05) is 12.4 Å². The molecule has 1 aromatic carbocycles. The molecular formula is C20H24ClN3O4S. The van der Waals surface area contributed by atoms with E-state index in [1.165, 1.54) is 6.42 Å². The van der Waals surface area contributed by atoms with E-state index in [1.807, 2.05) is 0 Å². The number of nitrogens with zero attached hydrogens (tertiary/aromatic N) is 2. The van der Waals surface area contributed by atoms with Crippen LogP contribution in [-0.4, -0.2) is 40.5 Å². The van der Waals surface area contributed by atoms with E-state index in [4.69, 9.17) is 20.8 Å². The zero-order valence-corrected chi connectivity index (χ0v) is 18.0. The van der Waals surface area contributed by atoms with E-state index in [9.17, 15) is 9.59 Å². The van der Waals surface area contributed by atoms with E-state index in [1.54, 1.807) is 24.3 Å². The molecule has 3 rings (SSSR count). The largest absolute Gasteiger partial charge is 0.455 e. The highest BCUT2D eigenvalue weighted by atomic mass is 35.5. The van der Waals surface area contributed by atoms with Crippen LogP contribution in [0.25, 0.3) is 11.5 Å². The Hall–Kier alpha value is -2.06. The summed E-state index contributed by atoms with van der Waals surface area (Å²) in [7, 11) is 0. The highest BCUT2D eigenvalue weighted by Crippen LogP contribution is 2.29. The molecule has 0 bridgehead atoms. The first-order chi connectivity index (χ1) is 13.9. The van der Waals surface area contributed by atoms with Crippen LogP contribution in [0.5, 0.6) is 0 Å². The minimum Gasteiger partial charge on any atom is -0.455 e. The van der Waals surface area contributed by atoms with Gasteiger partial charge in [0.15, 0.2) is 6.61 Å². The molecule has 9 heteroatoms. The minimum atomic E-state index is -0.513. The first-order valence-electron chi connectivity index (χ1n) is 9.59. The summed E-state index contributed by atoms with van der Waals surface area (Å²) < 4.78 is 10.6. The van der Waals surface area contributed by atoms with Gasteiger partial charge in [-0.3, -0.25) is 9.59 Å². The van der Waals surface area contributed by atoms with Gasteiger partial charge in [0.05, 0.1) is 0 Å². The van der Waals surface area contributed by atoms with Crippen LogP contribution in [0.3, 0.4) is 0 Å². The number of thioether (sulfide) groups is 1. The van der Waals surface area contributed by atoms with Crippen molar-refractivity contribution in [1.29, 1.82) is 0 Å². The molecule has 1 aliphatic carbocycles. The van der Waals surface area contributed by atoms with Crippen LogP contribution < -0.4 is 5.32 Å². The van der Waals surface area contributed by atoms with Crippen molar-refractivity contribution in [3.8, 4) is 11.5 Å².